The van der Waals surface area contributed by atoms with Gasteiger partial charge in [-0.2, -0.15) is 0 Å². The fraction of sp³-hybridized carbons (Fsp3) is 0.235. The number of rotatable bonds is 7. The van der Waals surface area contributed by atoms with Gasteiger partial charge in [-0.3, -0.25) is 9.10 Å². The van der Waals surface area contributed by atoms with Crippen LogP contribution in [0.2, 0.25) is 5.02 Å². The maximum atomic E-state index is 12.2. The molecule has 0 spiro atoms. The molecule has 0 aromatic heterocycles. The number of halogens is 1. The number of carbonyl (C=O) groups is 1. The van der Waals surface area contributed by atoms with Crippen LogP contribution < -0.4 is 14.4 Å². The summed E-state index contributed by atoms with van der Waals surface area (Å²) in [6.45, 7) is -0.120. The third-order valence-corrected chi connectivity index (χ3v) is 4.97. The Bertz CT molecular complexity index is 855. The Hall–Kier alpha value is -2.25. The molecule has 0 aliphatic rings. The Morgan fingerprint density at radius 1 is 1.20 bits per heavy atom. The fourth-order valence-corrected chi connectivity index (χ4v) is 3.24. The molecule has 0 fully saturated rings. The molecule has 0 atom stereocenters. The Kier molecular flexibility index (Phi) is 6.27. The Labute approximate surface area is 152 Å². The number of amides is 1. The van der Waals surface area contributed by atoms with Gasteiger partial charge in [-0.1, -0.05) is 35.9 Å². The van der Waals surface area contributed by atoms with E-state index in [0.717, 1.165) is 16.1 Å². The molecule has 0 radical (unpaired) electrons. The van der Waals surface area contributed by atoms with E-state index in [2.05, 4.69) is 5.32 Å². The van der Waals surface area contributed by atoms with Crippen molar-refractivity contribution in [2.75, 3.05) is 24.2 Å². The van der Waals surface area contributed by atoms with Crippen molar-refractivity contribution >= 4 is 33.2 Å². The van der Waals surface area contributed by atoms with Gasteiger partial charge in [0.05, 0.1) is 19.1 Å². The first-order valence-electron chi connectivity index (χ1n) is 7.43. The average Bonchev–Trinajstić information content (AvgIpc) is 2.58. The summed E-state index contributed by atoms with van der Waals surface area (Å²) in [7, 11) is -2.15. The van der Waals surface area contributed by atoms with Gasteiger partial charge in [0.15, 0.2) is 0 Å². The molecule has 134 valence electrons. The lowest BCUT2D eigenvalue weighted by atomic mass is 10.2. The first-order chi connectivity index (χ1) is 11.8. The molecule has 0 unspecified atom stereocenters. The van der Waals surface area contributed by atoms with E-state index in [1.54, 1.807) is 42.5 Å². The van der Waals surface area contributed by atoms with Crippen LogP contribution in [0, 0.1) is 0 Å². The number of ether oxygens (including phenoxy) is 1. The highest BCUT2D eigenvalue weighted by atomic mass is 35.5. The molecule has 8 heteroatoms. The zero-order chi connectivity index (χ0) is 18.4. The van der Waals surface area contributed by atoms with Crippen LogP contribution in [-0.4, -0.2) is 34.2 Å². The summed E-state index contributed by atoms with van der Waals surface area (Å²) in [5.74, 6) is 0.0655. The van der Waals surface area contributed by atoms with Crippen LogP contribution in [0.25, 0.3) is 0 Å². The molecule has 2 rings (SSSR count). The molecule has 0 aliphatic heterocycles. The molecule has 0 aliphatic carbocycles. The molecule has 0 saturated carbocycles. The normalized spacial score (nSPS) is 11.0. The largest absolute Gasteiger partial charge is 0.497 e. The van der Waals surface area contributed by atoms with Crippen molar-refractivity contribution in [3.8, 4) is 5.75 Å². The highest BCUT2D eigenvalue weighted by molar-refractivity contribution is 7.92. The van der Waals surface area contributed by atoms with Gasteiger partial charge in [0, 0.05) is 17.6 Å². The smallest absolute Gasteiger partial charge is 0.241 e. The van der Waals surface area contributed by atoms with Gasteiger partial charge in [-0.25, -0.2) is 8.42 Å². The minimum absolute atomic E-state index is 0.216. The number of nitrogens with zero attached hydrogens (tertiary/aromatic N) is 1. The maximum absolute atomic E-state index is 12.2. The topological polar surface area (TPSA) is 75.7 Å². The van der Waals surface area contributed by atoms with Crippen LogP contribution in [0.4, 0.5) is 5.69 Å². The molecule has 1 amide bonds. The number of carbonyl (C=O) groups excluding carboxylic acids is 1. The van der Waals surface area contributed by atoms with E-state index >= 15 is 0 Å². The van der Waals surface area contributed by atoms with Gasteiger partial charge >= 0.3 is 0 Å². The predicted molar refractivity (Wildman–Crippen MR) is 98.5 cm³/mol. The highest BCUT2D eigenvalue weighted by Gasteiger charge is 2.21. The summed E-state index contributed by atoms with van der Waals surface area (Å²) in [6, 6.07) is 13.6. The molecular weight excluding hydrogens is 364 g/mol. The molecule has 0 saturated heterocycles. The molecule has 2 aromatic rings. The number of hydrogen-bond donors (Lipinski definition) is 1. The minimum Gasteiger partial charge on any atom is -0.497 e. The van der Waals surface area contributed by atoms with E-state index < -0.39 is 15.9 Å². The van der Waals surface area contributed by atoms with Crippen LogP contribution in [0.3, 0.4) is 0 Å². The Morgan fingerprint density at radius 2 is 1.92 bits per heavy atom. The summed E-state index contributed by atoms with van der Waals surface area (Å²) in [4.78, 5) is 12.2. The maximum Gasteiger partial charge on any atom is 0.241 e. The summed E-state index contributed by atoms with van der Waals surface area (Å²) < 4.78 is 30.3. The number of sulfonamides is 1. The SMILES string of the molecule is COc1cccc(N(CC(=O)NCc2ccccc2Cl)S(C)(=O)=O)c1. The molecular formula is C17H19ClN2O4S. The number of nitrogens with one attached hydrogen (secondary N) is 1. The van der Waals surface area contributed by atoms with Crippen LogP contribution >= 0.6 is 11.6 Å². The van der Waals surface area contributed by atoms with Crippen LogP contribution in [0.5, 0.6) is 5.75 Å². The lowest BCUT2D eigenvalue weighted by Crippen LogP contribution is -2.40. The van der Waals surface area contributed by atoms with Crippen molar-refractivity contribution < 1.29 is 17.9 Å². The van der Waals surface area contributed by atoms with Gasteiger partial charge in [0.25, 0.3) is 0 Å². The lowest BCUT2D eigenvalue weighted by Gasteiger charge is -2.22. The van der Waals surface area contributed by atoms with Crippen LogP contribution in [0.1, 0.15) is 5.56 Å². The Balaban J connectivity index is 2.12. The van der Waals surface area contributed by atoms with Crippen molar-refractivity contribution in [2.45, 2.75) is 6.54 Å². The second kappa shape index (κ2) is 8.22. The third kappa shape index (κ3) is 5.37. The monoisotopic (exact) mass is 382 g/mol. The quantitative estimate of drug-likeness (QED) is 0.798. The molecule has 6 nitrogen and oxygen atoms in total. The number of benzene rings is 2. The average molecular weight is 383 g/mol. The number of anilines is 1. The number of hydrogen-bond acceptors (Lipinski definition) is 4. The molecule has 25 heavy (non-hydrogen) atoms. The van der Waals surface area contributed by atoms with Crippen molar-refractivity contribution in [1.82, 2.24) is 5.32 Å². The fourth-order valence-electron chi connectivity index (χ4n) is 2.19. The van der Waals surface area contributed by atoms with Crippen LogP contribution in [0.15, 0.2) is 48.5 Å². The zero-order valence-corrected chi connectivity index (χ0v) is 15.5. The molecule has 0 bridgehead atoms. The molecule has 0 heterocycles. The van der Waals surface area contributed by atoms with Crippen molar-refractivity contribution in [3.05, 3.63) is 59.1 Å². The van der Waals surface area contributed by atoms with Gasteiger partial charge in [-0.15, -0.1) is 0 Å². The lowest BCUT2D eigenvalue weighted by molar-refractivity contribution is -0.119. The third-order valence-electron chi connectivity index (χ3n) is 3.46. The first kappa shape index (κ1) is 19.1. The summed E-state index contributed by atoms with van der Waals surface area (Å²) in [6.07, 6.45) is 1.05. The van der Waals surface area contributed by atoms with E-state index in [-0.39, 0.29) is 13.1 Å². The zero-order valence-electron chi connectivity index (χ0n) is 13.9. The van der Waals surface area contributed by atoms with E-state index in [9.17, 15) is 13.2 Å². The Morgan fingerprint density at radius 3 is 2.56 bits per heavy atom. The summed E-state index contributed by atoms with van der Waals surface area (Å²) in [5, 5.41) is 3.22. The van der Waals surface area contributed by atoms with E-state index in [4.69, 9.17) is 16.3 Å². The highest BCUT2D eigenvalue weighted by Crippen LogP contribution is 2.23. The van der Waals surface area contributed by atoms with E-state index in [1.165, 1.54) is 7.11 Å². The minimum atomic E-state index is -3.64. The standard InChI is InChI=1S/C17H19ClN2O4S/c1-24-15-8-5-7-14(10-15)20(25(2,22)23)12-17(21)19-11-13-6-3-4-9-16(13)18/h3-10H,11-12H2,1-2H3,(H,19,21). The van der Waals surface area contributed by atoms with Crippen LogP contribution in [-0.2, 0) is 21.4 Å². The van der Waals surface area contributed by atoms with E-state index in [0.29, 0.717) is 16.5 Å². The van der Waals surface area contributed by atoms with Gasteiger partial charge in [0.2, 0.25) is 15.9 Å². The van der Waals surface area contributed by atoms with Crippen molar-refractivity contribution in [3.63, 3.8) is 0 Å². The molecule has 1 N–H and O–H groups in total. The van der Waals surface area contributed by atoms with Crippen molar-refractivity contribution in [2.24, 2.45) is 0 Å². The van der Waals surface area contributed by atoms with E-state index in [1.807, 2.05) is 6.07 Å². The second-order valence-corrected chi connectivity index (χ2v) is 7.65. The van der Waals surface area contributed by atoms with Gasteiger partial charge in [0.1, 0.15) is 12.3 Å². The summed E-state index contributed by atoms with van der Waals surface area (Å²) >= 11 is 6.04. The van der Waals surface area contributed by atoms with Crippen molar-refractivity contribution in [1.29, 1.82) is 0 Å². The van der Waals surface area contributed by atoms with Gasteiger partial charge < -0.3 is 10.1 Å². The number of methoxy groups -OCH3 is 1. The second-order valence-electron chi connectivity index (χ2n) is 5.34. The first-order valence-corrected chi connectivity index (χ1v) is 9.66. The predicted octanol–water partition coefficient (Wildman–Crippen LogP) is 2.43. The molecule has 2 aromatic carbocycles. The summed E-state index contributed by atoms with van der Waals surface area (Å²) in [5.41, 5.74) is 1.11. The van der Waals surface area contributed by atoms with Gasteiger partial charge in [-0.05, 0) is 23.8 Å².